The monoisotopic (exact) mass is 247 g/mol. The predicted octanol–water partition coefficient (Wildman–Crippen LogP) is 0.266. The molecule has 1 saturated carbocycles. The van der Waals surface area contributed by atoms with Gasteiger partial charge in [-0.25, -0.2) is 8.42 Å². The number of hydrogen-bond acceptors (Lipinski definition) is 4. The second-order valence-electron chi connectivity index (χ2n) is 5.50. The van der Waals surface area contributed by atoms with Gasteiger partial charge >= 0.3 is 0 Å². The normalized spacial score (nSPS) is 25.8. The SMILES string of the molecule is CC(C)S(=O)(=O)CCN1CC(O)(C2CC2)C1. The van der Waals surface area contributed by atoms with Gasteiger partial charge in [0.1, 0.15) is 0 Å². The fourth-order valence-corrected chi connectivity index (χ4v) is 3.24. The van der Waals surface area contributed by atoms with Crippen molar-refractivity contribution in [3.8, 4) is 0 Å². The van der Waals surface area contributed by atoms with E-state index in [1.54, 1.807) is 13.8 Å². The molecule has 2 rings (SSSR count). The van der Waals surface area contributed by atoms with E-state index in [9.17, 15) is 13.5 Å². The molecule has 0 aromatic heterocycles. The summed E-state index contributed by atoms with van der Waals surface area (Å²) in [4.78, 5) is 2.04. The maximum absolute atomic E-state index is 11.6. The van der Waals surface area contributed by atoms with E-state index >= 15 is 0 Å². The van der Waals surface area contributed by atoms with E-state index < -0.39 is 15.4 Å². The summed E-state index contributed by atoms with van der Waals surface area (Å²) < 4.78 is 23.2. The Morgan fingerprint density at radius 1 is 1.38 bits per heavy atom. The van der Waals surface area contributed by atoms with E-state index in [1.807, 2.05) is 4.90 Å². The van der Waals surface area contributed by atoms with E-state index in [-0.39, 0.29) is 11.0 Å². The number of β-amino-alcohol motifs (C(OH)–C–C–N with tert-alkyl or cyclic N) is 1. The molecule has 5 heteroatoms. The first-order chi connectivity index (χ1) is 7.33. The first-order valence-electron chi connectivity index (χ1n) is 6.00. The quantitative estimate of drug-likeness (QED) is 0.757. The van der Waals surface area contributed by atoms with Gasteiger partial charge in [-0.1, -0.05) is 0 Å². The van der Waals surface area contributed by atoms with E-state index in [1.165, 1.54) is 0 Å². The molecule has 2 fully saturated rings. The largest absolute Gasteiger partial charge is 0.387 e. The Kier molecular flexibility index (Phi) is 3.05. The molecule has 0 radical (unpaired) electrons. The van der Waals surface area contributed by atoms with Crippen molar-refractivity contribution in [1.82, 2.24) is 4.90 Å². The molecule has 0 atom stereocenters. The lowest BCUT2D eigenvalue weighted by atomic mass is 9.89. The van der Waals surface area contributed by atoms with Crippen molar-refractivity contribution in [3.63, 3.8) is 0 Å². The number of likely N-dealkylation sites (tertiary alicyclic amines) is 1. The van der Waals surface area contributed by atoms with Crippen molar-refractivity contribution < 1.29 is 13.5 Å². The number of nitrogens with zero attached hydrogens (tertiary/aromatic N) is 1. The zero-order chi connectivity index (χ0) is 12.0. The highest BCUT2D eigenvalue weighted by Gasteiger charge is 2.51. The summed E-state index contributed by atoms with van der Waals surface area (Å²) in [6, 6.07) is 0. The molecule has 1 aliphatic heterocycles. The van der Waals surface area contributed by atoms with Crippen LogP contribution in [0.3, 0.4) is 0 Å². The molecular formula is C11H21NO3S. The van der Waals surface area contributed by atoms with E-state index in [4.69, 9.17) is 0 Å². The smallest absolute Gasteiger partial charge is 0.153 e. The van der Waals surface area contributed by atoms with Gasteiger partial charge in [0.15, 0.2) is 9.84 Å². The molecule has 94 valence electrons. The molecule has 0 amide bonds. The van der Waals surface area contributed by atoms with Crippen molar-refractivity contribution in [3.05, 3.63) is 0 Å². The molecule has 0 aromatic rings. The molecule has 0 spiro atoms. The Hall–Kier alpha value is -0.130. The zero-order valence-electron chi connectivity index (χ0n) is 10.0. The topological polar surface area (TPSA) is 57.6 Å². The number of aliphatic hydroxyl groups is 1. The molecule has 1 saturated heterocycles. The van der Waals surface area contributed by atoms with Crippen molar-refractivity contribution in [2.75, 3.05) is 25.4 Å². The Morgan fingerprint density at radius 2 is 1.94 bits per heavy atom. The average molecular weight is 247 g/mol. The molecule has 1 aliphatic carbocycles. The summed E-state index contributed by atoms with van der Waals surface area (Å²) in [7, 11) is -2.93. The van der Waals surface area contributed by atoms with Gasteiger partial charge in [-0.3, -0.25) is 4.90 Å². The summed E-state index contributed by atoms with van der Waals surface area (Å²) in [5, 5.41) is 9.77. The van der Waals surface area contributed by atoms with Gasteiger partial charge in [0.2, 0.25) is 0 Å². The van der Waals surface area contributed by atoms with Crippen molar-refractivity contribution in [2.24, 2.45) is 5.92 Å². The van der Waals surface area contributed by atoms with Crippen LogP contribution >= 0.6 is 0 Å². The van der Waals surface area contributed by atoms with E-state index in [2.05, 4.69) is 0 Å². The van der Waals surface area contributed by atoms with E-state index in [0.717, 1.165) is 12.8 Å². The van der Waals surface area contributed by atoms with Crippen molar-refractivity contribution in [1.29, 1.82) is 0 Å². The lowest BCUT2D eigenvalue weighted by molar-refractivity contribution is -0.110. The highest BCUT2D eigenvalue weighted by Crippen LogP contribution is 2.44. The Morgan fingerprint density at radius 3 is 2.38 bits per heavy atom. The van der Waals surface area contributed by atoms with Crippen LogP contribution in [-0.2, 0) is 9.84 Å². The average Bonchev–Trinajstić information content (AvgIpc) is 2.93. The minimum absolute atomic E-state index is 0.214. The third kappa shape index (κ3) is 2.41. The summed E-state index contributed by atoms with van der Waals surface area (Å²) in [6.07, 6.45) is 2.27. The molecule has 2 aliphatic rings. The molecule has 0 bridgehead atoms. The number of sulfone groups is 1. The van der Waals surface area contributed by atoms with Gasteiger partial charge < -0.3 is 5.11 Å². The molecule has 0 unspecified atom stereocenters. The molecular weight excluding hydrogens is 226 g/mol. The van der Waals surface area contributed by atoms with Crippen LogP contribution < -0.4 is 0 Å². The Bertz CT molecular complexity index is 353. The second kappa shape index (κ2) is 3.96. The lowest BCUT2D eigenvalue weighted by Gasteiger charge is -2.47. The molecule has 0 aromatic carbocycles. The van der Waals surface area contributed by atoms with Crippen LogP contribution in [0.4, 0.5) is 0 Å². The lowest BCUT2D eigenvalue weighted by Crippen LogP contribution is -2.63. The first-order valence-corrected chi connectivity index (χ1v) is 7.71. The highest BCUT2D eigenvalue weighted by atomic mass is 32.2. The predicted molar refractivity (Wildman–Crippen MR) is 63.0 cm³/mol. The summed E-state index contributed by atoms with van der Waals surface area (Å²) in [5.41, 5.74) is -0.498. The van der Waals surface area contributed by atoms with Crippen LogP contribution in [0.5, 0.6) is 0 Å². The molecule has 16 heavy (non-hydrogen) atoms. The number of hydrogen-bond donors (Lipinski definition) is 1. The maximum atomic E-state index is 11.6. The maximum Gasteiger partial charge on any atom is 0.153 e. The summed E-state index contributed by atoms with van der Waals surface area (Å²) >= 11 is 0. The molecule has 1 N–H and O–H groups in total. The first kappa shape index (κ1) is 12.3. The van der Waals surface area contributed by atoms with Gasteiger partial charge in [0.05, 0.1) is 16.6 Å². The van der Waals surface area contributed by atoms with Gasteiger partial charge in [0.25, 0.3) is 0 Å². The third-order valence-corrected chi connectivity index (χ3v) is 5.93. The summed E-state index contributed by atoms with van der Waals surface area (Å²) in [6.45, 7) is 5.31. The Labute approximate surface area is 97.6 Å². The van der Waals surface area contributed by atoms with Gasteiger partial charge in [-0.15, -0.1) is 0 Å². The number of rotatable bonds is 5. The molecule has 1 heterocycles. The highest BCUT2D eigenvalue weighted by molar-refractivity contribution is 7.92. The standard InChI is InChI=1S/C11H21NO3S/c1-9(2)16(14,15)6-5-12-7-11(13,8-12)10-3-4-10/h9-10,13H,3-8H2,1-2H3. The van der Waals surface area contributed by atoms with Crippen LogP contribution in [0.2, 0.25) is 0 Å². The van der Waals surface area contributed by atoms with Crippen LogP contribution in [-0.4, -0.2) is 54.7 Å². The minimum Gasteiger partial charge on any atom is -0.387 e. The minimum atomic E-state index is -2.93. The Balaban J connectivity index is 1.74. The van der Waals surface area contributed by atoms with Gasteiger partial charge in [0, 0.05) is 19.6 Å². The zero-order valence-corrected chi connectivity index (χ0v) is 10.8. The van der Waals surface area contributed by atoms with Gasteiger partial charge in [-0.05, 0) is 32.6 Å². The van der Waals surface area contributed by atoms with Crippen LogP contribution in [0.15, 0.2) is 0 Å². The third-order valence-electron chi connectivity index (χ3n) is 3.74. The second-order valence-corrected chi connectivity index (χ2v) is 8.18. The fraction of sp³-hybridized carbons (Fsp3) is 1.00. The van der Waals surface area contributed by atoms with Crippen LogP contribution in [0.25, 0.3) is 0 Å². The van der Waals surface area contributed by atoms with Crippen molar-refractivity contribution in [2.45, 2.75) is 37.5 Å². The van der Waals surface area contributed by atoms with Crippen LogP contribution in [0, 0.1) is 5.92 Å². The van der Waals surface area contributed by atoms with Crippen LogP contribution in [0.1, 0.15) is 26.7 Å². The van der Waals surface area contributed by atoms with Crippen molar-refractivity contribution >= 4 is 9.84 Å². The fourth-order valence-electron chi connectivity index (χ4n) is 2.26. The summed E-state index contributed by atoms with van der Waals surface area (Å²) in [5.74, 6) is 0.691. The van der Waals surface area contributed by atoms with E-state index in [0.29, 0.717) is 25.6 Å². The molecule has 4 nitrogen and oxygen atoms in total. The van der Waals surface area contributed by atoms with Gasteiger partial charge in [-0.2, -0.15) is 0 Å².